The highest BCUT2D eigenvalue weighted by Gasteiger charge is 2.47. The second-order valence-corrected chi connectivity index (χ2v) is 8.04. The Morgan fingerprint density at radius 1 is 1.33 bits per heavy atom. The van der Waals surface area contributed by atoms with Gasteiger partial charge in [-0.25, -0.2) is 13.2 Å². The molecule has 0 bridgehead atoms. The minimum atomic E-state index is -3.09. The molecule has 0 aliphatic carbocycles. The molecule has 8 nitrogen and oxygen atoms in total. The van der Waals surface area contributed by atoms with Crippen LogP contribution in [-0.2, 0) is 19.4 Å². The van der Waals surface area contributed by atoms with E-state index in [2.05, 4.69) is 5.32 Å². The van der Waals surface area contributed by atoms with Gasteiger partial charge in [-0.1, -0.05) is 0 Å². The number of ether oxygens (including phenoxy) is 1. The van der Waals surface area contributed by atoms with Crippen LogP contribution in [0.3, 0.4) is 0 Å². The molecule has 2 aliphatic rings. The molecule has 2 atom stereocenters. The quantitative estimate of drug-likeness (QED) is 0.696. The van der Waals surface area contributed by atoms with Gasteiger partial charge in [-0.05, 0) is 13.3 Å². The molecular formula is C12H20N2O6S. The maximum absolute atomic E-state index is 12.2. The lowest BCUT2D eigenvalue weighted by Crippen LogP contribution is -2.53. The zero-order chi connectivity index (χ0) is 15.7. The molecule has 2 aliphatic heterocycles. The molecule has 9 heteroatoms. The number of hydrogen-bond acceptors (Lipinski definition) is 5. The third-order valence-electron chi connectivity index (χ3n) is 4.08. The van der Waals surface area contributed by atoms with E-state index in [4.69, 9.17) is 4.74 Å². The largest absolute Gasteiger partial charge is 0.481 e. The number of amides is 2. The number of carboxylic acids is 1. The van der Waals surface area contributed by atoms with Crippen molar-refractivity contribution in [2.45, 2.75) is 19.4 Å². The number of sulfone groups is 1. The number of rotatable bonds is 2. The number of urea groups is 1. The summed E-state index contributed by atoms with van der Waals surface area (Å²) in [6.07, 6.45) is 0.396. The minimum absolute atomic E-state index is 0.0433. The summed E-state index contributed by atoms with van der Waals surface area (Å²) in [6.45, 7) is 2.19. The normalized spacial score (nSPS) is 32.4. The fraction of sp³-hybridized carbons (Fsp3) is 0.833. The Hall–Kier alpha value is -1.35. The van der Waals surface area contributed by atoms with E-state index >= 15 is 0 Å². The van der Waals surface area contributed by atoms with E-state index in [1.165, 1.54) is 11.8 Å². The predicted molar refractivity (Wildman–Crippen MR) is 73.7 cm³/mol. The Labute approximate surface area is 123 Å². The van der Waals surface area contributed by atoms with Crippen molar-refractivity contribution in [3.05, 3.63) is 0 Å². The first-order valence-corrected chi connectivity index (χ1v) is 8.64. The SMILES string of the molecule is CC1(C(=O)O)COCC1NC(=O)N1CCCS(=O)(=O)CC1. The fourth-order valence-electron chi connectivity index (χ4n) is 2.47. The van der Waals surface area contributed by atoms with Gasteiger partial charge in [0.15, 0.2) is 9.84 Å². The van der Waals surface area contributed by atoms with Crippen LogP contribution in [0.25, 0.3) is 0 Å². The Morgan fingerprint density at radius 2 is 2.05 bits per heavy atom. The van der Waals surface area contributed by atoms with E-state index in [1.807, 2.05) is 0 Å². The van der Waals surface area contributed by atoms with Crippen molar-refractivity contribution in [3.8, 4) is 0 Å². The monoisotopic (exact) mass is 320 g/mol. The summed E-state index contributed by atoms with van der Waals surface area (Å²) in [5, 5.41) is 11.9. The molecule has 0 aromatic carbocycles. The molecule has 2 heterocycles. The lowest BCUT2D eigenvalue weighted by Gasteiger charge is -2.28. The van der Waals surface area contributed by atoms with Crippen molar-refractivity contribution in [3.63, 3.8) is 0 Å². The van der Waals surface area contributed by atoms with Gasteiger partial charge in [-0.3, -0.25) is 4.79 Å². The third kappa shape index (κ3) is 3.46. The van der Waals surface area contributed by atoms with Crippen molar-refractivity contribution in [1.29, 1.82) is 0 Å². The fourth-order valence-corrected chi connectivity index (χ4v) is 3.74. The molecule has 21 heavy (non-hydrogen) atoms. The topological polar surface area (TPSA) is 113 Å². The number of carboxylic acid groups (broad SMARTS) is 1. The highest BCUT2D eigenvalue weighted by molar-refractivity contribution is 7.91. The predicted octanol–water partition coefficient (Wildman–Crippen LogP) is -0.694. The van der Waals surface area contributed by atoms with Gasteiger partial charge in [0.05, 0.1) is 30.8 Å². The summed E-state index contributed by atoms with van der Waals surface area (Å²) in [4.78, 5) is 24.9. The van der Waals surface area contributed by atoms with Crippen molar-refractivity contribution in [2.75, 3.05) is 37.8 Å². The molecule has 0 radical (unpaired) electrons. The van der Waals surface area contributed by atoms with Gasteiger partial charge in [0.25, 0.3) is 0 Å². The summed E-state index contributed by atoms with van der Waals surface area (Å²) in [7, 11) is -3.09. The number of nitrogens with one attached hydrogen (secondary N) is 1. The number of hydrogen-bond donors (Lipinski definition) is 2. The molecule has 0 aromatic rings. The third-order valence-corrected chi connectivity index (χ3v) is 5.80. The molecule has 2 N–H and O–H groups in total. The first-order valence-electron chi connectivity index (χ1n) is 6.82. The molecule has 2 fully saturated rings. The van der Waals surface area contributed by atoms with Gasteiger partial charge in [0.2, 0.25) is 0 Å². The van der Waals surface area contributed by atoms with Gasteiger partial charge < -0.3 is 20.1 Å². The molecule has 120 valence electrons. The number of aliphatic carboxylic acids is 1. The second-order valence-electron chi connectivity index (χ2n) is 5.73. The van der Waals surface area contributed by atoms with Crippen molar-refractivity contribution < 1.29 is 27.9 Å². The highest BCUT2D eigenvalue weighted by atomic mass is 32.2. The van der Waals surface area contributed by atoms with Gasteiger partial charge in [0.1, 0.15) is 5.41 Å². The van der Waals surface area contributed by atoms with Gasteiger partial charge >= 0.3 is 12.0 Å². The lowest BCUT2D eigenvalue weighted by molar-refractivity contribution is -0.148. The van der Waals surface area contributed by atoms with Crippen molar-refractivity contribution >= 4 is 21.8 Å². The average Bonchev–Trinajstić information content (AvgIpc) is 2.66. The van der Waals surface area contributed by atoms with Crippen LogP contribution in [-0.4, -0.2) is 74.3 Å². The van der Waals surface area contributed by atoms with Gasteiger partial charge in [-0.2, -0.15) is 0 Å². The first kappa shape index (κ1) is 16.0. The Bertz CT molecular complexity index is 534. The first-order chi connectivity index (χ1) is 9.74. The Kier molecular flexibility index (Phi) is 4.43. The average molecular weight is 320 g/mol. The van der Waals surface area contributed by atoms with Crippen LogP contribution < -0.4 is 5.32 Å². The number of nitrogens with zero attached hydrogens (tertiary/aromatic N) is 1. The van der Waals surface area contributed by atoms with E-state index in [0.717, 1.165) is 0 Å². The lowest BCUT2D eigenvalue weighted by atomic mass is 9.85. The van der Waals surface area contributed by atoms with E-state index in [-0.39, 0.29) is 31.3 Å². The smallest absolute Gasteiger partial charge is 0.317 e. The van der Waals surface area contributed by atoms with E-state index in [1.54, 1.807) is 0 Å². The molecule has 2 saturated heterocycles. The van der Waals surface area contributed by atoms with Crippen molar-refractivity contribution in [1.82, 2.24) is 10.2 Å². The zero-order valence-corrected chi connectivity index (χ0v) is 12.7. The van der Waals surface area contributed by atoms with Gasteiger partial charge in [-0.15, -0.1) is 0 Å². The summed E-state index contributed by atoms with van der Waals surface area (Å²) in [5.41, 5.74) is -1.16. The maximum Gasteiger partial charge on any atom is 0.317 e. The van der Waals surface area contributed by atoms with E-state index < -0.39 is 33.3 Å². The highest BCUT2D eigenvalue weighted by Crippen LogP contribution is 2.28. The van der Waals surface area contributed by atoms with Crippen molar-refractivity contribution in [2.24, 2.45) is 5.41 Å². The summed E-state index contributed by atoms with van der Waals surface area (Å²) in [6, 6.07) is -1.06. The van der Waals surface area contributed by atoms with Crippen LogP contribution in [0.5, 0.6) is 0 Å². The molecule has 2 amide bonds. The van der Waals surface area contributed by atoms with Crippen LogP contribution in [0.2, 0.25) is 0 Å². The molecule has 0 saturated carbocycles. The minimum Gasteiger partial charge on any atom is -0.481 e. The van der Waals surface area contributed by atoms with Gasteiger partial charge in [0, 0.05) is 13.1 Å². The maximum atomic E-state index is 12.2. The zero-order valence-electron chi connectivity index (χ0n) is 11.9. The molecule has 2 unspecified atom stereocenters. The molecular weight excluding hydrogens is 300 g/mol. The summed E-state index contributed by atoms with van der Waals surface area (Å²) >= 11 is 0. The van der Waals surface area contributed by atoms with Crippen LogP contribution in [0.1, 0.15) is 13.3 Å². The summed E-state index contributed by atoms with van der Waals surface area (Å²) in [5.74, 6) is -1.00. The Morgan fingerprint density at radius 3 is 2.71 bits per heavy atom. The summed E-state index contributed by atoms with van der Waals surface area (Å²) < 4.78 is 28.2. The van der Waals surface area contributed by atoms with Crippen LogP contribution in [0.15, 0.2) is 0 Å². The second kappa shape index (κ2) is 5.80. The molecule has 2 rings (SSSR count). The van der Waals surface area contributed by atoms with Crippen LogP contribution in [0.4, 0.5) is 4.79 Å². The van der Waals surface area contributed by atoms with Crippen LogP contribution in [0, 0.1) is 5.41 Å². The molecule has 0 aromatic heterocycles. The Balaban J connectivity index is 2.00. The standard InChI is InChI=1S/C12H20N2O6S/c1-12(10(15)16)8-20-7-9(12)13-11(17)14-3-2-5-21(18,19)6-4-14/h9H,2-8H2,1H3,(H,13,17)(H,15,16). The van der Waals surface area contributed by atoms with E-state index in [9.17, 15) is 23.1 Å². The number of carbonyl (C=O) groups excluding carboxylic acids is 1. The van der Waals surface area contributed by atoms with E-state index in [0.29, 0.717) is 13.0 Å². The van der Waals surface area contributed by atoms with Crippen LogP contribution >= 0.6 is 0 Å². The molecule has 0 spiro atoms. The number of carbonyl (C=O) groups is 2.